The van der Waals surface area contributed by atoms with Crippen molar-refractivity contribution in [3.63, 3.8) is 0 Å². The number of anilines is 1. The Morgan fingerprint density at radius 1 is 1.12 bits per heavy atom. The molecule has 5 nitrogen and oxygen atoms in total. The molecule has 0 aliphatic rings. The number of hydrogen-bond donors (Lipinski definition) is 2. The topological polar surface area (TPSA) is 67.4 Å². The van der Waals surface area contributed by atoms with Gasteiger partial charge >= 0.3 is 0 Å². The van der Waals surface area contributed by atoms with Crippen LogP contribution in [0.5, 0.6) is 5.75 Å². The number of carbonyl (C=O) groups excluding carboxylic acids is 2. The van der Waals surface area contributed by atoms with Crippen LogP contribution >= 0.6 is 0 Å². The van der Waals surface area contributed by atoms with Crippen LogP contribution in [0.2, 0.25) is 0 Å². The first-order valence-corrected chi connectivity index (χ1v) is 7.79. The molecule has 0 aliphatic heterocycles. The largest absolute Gasteiger partial charge is 0.496 e. The number of aryl methyl sites for hydroxylation is 2. The Kier molecular flexibility index (Phi) is 5.95. The Morgan fingerprint density at radius 2 is 1.88 bits per heavy atom. The molecule has 0 bridgehead atoms. The summed E-state index contributed by atoms with van der Waals surface area (Å²) in [6.45, 7) is 1.86. The molecule has 0 heterocycles. The van der Waals surface area contributed by atoms with Gasteiger partial charge in [-0.3, -0.25) is 9.59 Å². The van der Waals surface area contributed by atoms with Crippen molar-refractivity contribution >= 4 is 17.5 Å². The third-order valence-electron chi connectivity index (χ3n) is 3.80. The minimum absolute atomic E-state index is 0.0725. The number of carbonyl (C=O) groups is 2. The minimum atomic E-state index is -0.146. The average molecular weight is 326 g/mol. The zero-order valence-corrected chi connectivity index (χ0v) is 14.2. The van der Waals surface area contributed by atoms with Gasteiger partial charge in [0.05, 0.1) is 7.11 Å². The normalized spacial score (nSPS) is 10.1. The highest BCUT2D eigenvalue weighted by molar-refractivity contribution is 5.96. The van der Waals surface area contributed by atoms with Crippen LogP contribution in [0.15, 0.2) is 42.5 Å². The molecule has 0 atom stereocenters. The molecule has 126 valence electrons. The molecule has 0 spiro atoms. The summed E-state index contributed by atoms with van der Waals surface area (Å²) in [7, 11) is 3.21. The Bertz CT molecular complexity index is 741. The molecule has 0 saturated carbocycles. The monoisotopic (exact) mass is 326 g/mol. The fourth-order valence-corrected chi connectivity index (χ4v) is 2.46. The second-order valence-electron chi connectivity index (χ2n) is 5.47. The van der Waals surface area contributed by atoms with Crippen molar-refractivity contribution in [2.24, 2.45) is 0 Å². The Balaban J connectivity index is 1.98. The van der Waals surface area contributed by atoms with Crippen LogP contribution in [-0.4, -0.2) is 26.0 Å². The summed E-state index contributed by atoms with van der Waals surface area (Å²) in [6, 6.07) is 12.9. The quantitative estimate of drug-likeness (QED) is 0.857. The van der Waals surface area contributed by atoms with Crippen LogP contribution < -0.4 is 15.4 Å². The van der Waals surface area contributed by atoms with Crippen molar-refractivity contribution in [2.45, 2.75) is 19.8 Å². The van der Waals surface area contributed by atoms with Gasteiger partial charge in [-0.05, 0) is 48.7 Å². The van der Waals surface area contributed by atoms with Gasteiger partial charge in [-0.1, -0.05) is 18.2 Å². The summed E-state index contributed by atoms with van der Waals surface area (Å²) in [5, 5.41) is 5.47. The molecule has 0 saturated heterocycles. The summed E-state index contributed by atoms with van der Waals surface area (Å²) in [5.41, 5.74) is 3.14. The van der Waals surface area contributed by atoms with E-state index in [1.807, 2.05) is 31.2 Å². The maximum absolute atomic E-state index is 12.2. The van der Waals surface area contributed by atoms with Crippen molar-refractivity contribution in [2.75, 3.05) is 19.5 Å². The molecule has 0 radical (unpaired) electrons. The van der Waals surface area contributed by atoms with Gasteiger partial charge < -0.3 is 15.4 Å². The van der Waals surface area contributed by atoms with Crippen LogP contribution in [0.4, 0.5) is 5.69 Å². The van der Waals surface area contributed by atoms with E-state index in [0.717, 1.165) is 16.9 Å². The van der Waals surface area contributed by atoms with Gasteiger partial charge in [-0.15, -0.1) is 0 Å². The lowest BCUT2D eigenvalue weighted by atomic mass is 10.1. The third kappa shape index (κ3) is 4.35. The van der Waals surface area contributed by atoms with E-state index in [9.17, 15) is 9.59 Å². The molecule has 0 unspecified atom stereocenters. The molecule has 2 amide bonds. The van der Waals surface area contributed by atoms with Crippen molar-refractivity contribution in [1.29, 1.82) is 0 Å². The second-order valence-corrected chi connectivity index (χ2v) is 5.47. The van der Waals surface area contributed by atoms with Gasteiger partial charge in [0.2, 0.25) is 5.91 Å². The first kappa shape index (κ1) is 17.5. The van der Waals surface area contributed by atoms with Gasteiger partial charge in [-0.25, -0.2) is 0 Å². The van der Waals surface area contributed by atoms with Crippen LogP contribution in [0, 0.1) is 6.92 Å². The third-order valence-corrected chi connectivity index (χ3v) is 3.80. The standard InChI is InChI=1S/C19H22N2O3/c1-13-12-15(19(23)20-2)8-10-16(13)21-18(22)11-9-14-6-4-5-7-17(14)24-3/h4-8,10,12H,9,11H2,1-3H3,(H,20,23)(H,21,22). The Morgan fingerprint density at radius 3 is 2.54 bits per heavy atom. The van der Waals surface area contributed by atoms with E-state index >= 15 is 0 Å². The van der Waals surface area contributed by atoms with E-state index < -0.39 is 0 Å². The molecule has 2 rings (SSSR count). The number of methoxy groups -OCH3 is 1. The van der Waals surface area contributed by atoms with E-state index in [4.69, 9.17) is 4.74 Å². The zero-order chi connectivity index (χ0) is 17.5. The van der Waals surface area contributed by atoms with Crippen molar-refractivity contribution in [1.82, 2.24) is 5.32 Å². The summed E-state index contributed by atoms with van der Waals surface area (Å²) in [4.78, 5) is 23.8. The highest BCUT2D eigenvalue weighted by Gasteiger charge is 2.10. The minimum Gasteiger partial charge on any atom is -0.496 e. The maximum atomic E-state index is 12.2. The molecule has 2 N–H and O–H groups in total. The van der Waals surface area contributed by atoms with E-state index in [1.54, 1.807) is 32.4 Å². The SMILES string of the molecule is CNC(=O)c1ccc(NC(=O)CCc2ccccc2OC)c(C)c1. The fourth-order valence-electron chi connectivity index (χ4n) is 2.46. The molecule has 24 heavy (non-hydrogen) atoms. The first-order valence-electron chi connectivity index (χ1n) is 7.79. The van der Waals surface area contributed by atoms with Gasteiger partial charge in [-0.2, -0.15) is 0 Å². The van der Waals surface area contributed by atoms with Crippen molar-refractivity contribution in [3.05, 3.63) is 59.2 Å². The van der Waals surface area contributed by atoms with Crippen LogP contribution in [-0.2, 0) is 11.2 Å². The summed E-state index contributed by atoms with van der Waals surface area (Å²) >= 11 is 0. The van der Waals surface area contributed by atoms with Crippen molar-refractivity contribution in [3.8, 4) is 5.75 Å². The van der Waals surface area contributed by atoms with Gasteiger partial charge in [0.1, 0.15) is 5.75 Å². The summed E-state index contributed by atoms with van der Waals surface area (Å²) in [6.07, 6.45) is 0.961. The molecule has 0 aromatic heterocycles. The predicted molar refractivity (Wildman–Crippen MR) is 94.5 cm³/mol. The summed E-state index contributed by atoms with van der Waals surface area (Å²) in [5.74, 6) is 0.570. The number of amides is 2. The second kappa shape index (κ2) is 8.15. The molecule has 0 aliphatic carbocycles. The molecule has 2 aromatic carbocycles. The highest BCUT2D eigenvalue weighted by atomic mass is 16.5. The number of para-hydroxylation sites is 1. The van der Waals surface area contributed by atoms with Gasteiger partial charge in [0.25, 0.3) is 5.91 Å². The van der Waals surface area contributed by atoms with Crippen molar-refractivity contribution < 1.29 is 14.3 Å². The number of benzene rings is 2. The van der Waals surface area contributed by atoms with Gasteiger partial charge in [0, 0.05) is 24.7 Å². The average Bonchev–Trinajstić information content (AvgIpc) is 2.61. The maximum Gasteiger partial charge on any atom is 0.251 e. The summed E-state index contributed by atoms with van der Waals surface area (Å²) < 4.78 is 5.29. The Labute approximate surface area is 142 Å². The number of rotatable bonds is 6. The van der Waals surface area contributed by atoms with E-state index in [-0.39, 0.29) is 11.8 Å². The van der Waals surface area contributed by atoms with E-state index in [2.05, 4.69) is 10.6 Å². The molecule has 5 heteroatoms. The number of nitrogens with one attached hydrogen (secondary N) is 2. The van der Waals surface area contributed by atoms with Crippen LogP contribution in [0.1, 0.15) is 27.9 Å². The molecular formula is C19H22N2O3. The molecule has 2 aromatic rings. The zero-order valence-electron chi connectivity index (χ0n) is 14.2. The van der Waals surface area contributed by atoms with E-state index in [1.165, 1.54) is 0 Å². The smallest absolute Gasteiger partial charge is 0.251 e. The van der Waals surface area contributed by atoms with Crippen LogP contribution in [0.3, 0.4) is 0 Å². The number of ether oxygens (including phenoxy) is 1. The first-order chi connectivity index (χ1) is 11.5. The molecule has 0 fully saturated rings. The highest BCUT2D eigenvalue weighted by Crippen LogP contribution is 2.20. The lowest BCUT2D eigenvalue weighted by Crippen LogP contribution is -2.18. The number of hydrogen-bond acceptors (Lipinski definition) is 3. The lowest BCUT2D eigenvalue weighted by molar-refractivity contribution is -0.116. The Hall–Kier alpha value is -2.82. The molecular weight excluding hydrogens is 304 g/mol. The van der Waals surface area contributed by atoms with E-state index in [0.29, 0.717) is 24.1 Å². The van der Waals surface area contributed by atoms with Crippen LogP contribution in [0.25, 0.3) is 0 Å². The lowest BCUT2D eigenvalue weighted by Gasteiger charge is -2.11. The predicted octanol–water partition coefficient (Wildman–Crippen LogP) is 2.93. The van der Waals surface area contributed by atoms with Gasteiger partial charge in [0.15, 0.2) is 0 Å². The fraction of sp³-hybridized carbons (Fsp3) is 0.263.